The van der Waals surface area contributed by atoms with E-state index in [1.807, 2.05) is 137 Å². The van der Waals surface area contributed by atoms with Gasteiger partial charge in [-0.15, -0.1) is 22.7 Å². The summed E-state index contributed by atoms with van der Waals surface area (Å²) in [5.74, 6) is -1.29. The van der Waals surface area contributed by atoms with Gasteiger partial charge in [0.25, 0.3) is 0 Å². The molecule has 6 amide bonds. The molecular formula is C57H82N8O7S2. The zero-order valence-corrected chi connectivity index (χ0v) is 48.4. The maximum atomic E-state index is 13.8. The molecule has 0 saturated carbocycles. The van der Waals surface area contributed by atoms with Crippen LogP contribution in [0.25, 0.3) is 20.9 Å². The number of aliphatic hydroxyl groups excluding tert-OH is 1. The predicted molar refractivity (Wildman–Crippen MR) is 295 cm³/mol. The van der Waals surface area contributed by atoms with E-state index in [0.29, 0.717) is 13.0 Å². The minimum Gasteiger partial charge on any atom is -0.391 e. The molecule has 2 aromatic carbocycles. The van der Waals surface area contributed by atoms with Gasteiger partial charge in [0.05, 0.1) is 50.4 Å². The fourth-order valence-corrected chi connectivity index (χ4v) is 10.6. The number of nitrogens with one attached hydrogen (secondary N) is 4. The molecular weight excluding hydrogens is 973 g/mol. The van der Waals surface area contributed by atoms with Crippen LogP contribution in [-0.4, -0.2) is 104 Å². The smallest absolute Gasteiger partial charge is 0.246 e. The Morgan fingerprint density at radius 3 is 1.24 bits per heavy atom. The fourth-order valence-electron chi connectivity index (χ4n) is 8.96. The zero-order chi connectivity index (χ0) is 55.4. The van der Waals surface area contributed by atoms with Gasteiger partial charge in [0.2, 0.25) is 35.4 Å². The van der Waals surface area contributed by atoms with E-state index in [4.69, 9.17) is 0 Å². The number of β-amino-alcohol motifs (C(OH)–C–C–N with tert-alkyl or cyclic N) is 1. The van der Waals surface area contributed by atoms with Gasteiger partial charge >= 0.3 is 0 Å². The number of aromatic nitrogens is 2. The van der Waals surface area contributed by atoms with E-state index in [0.717, 1.165) is 43.4 Å². The van der Waals surface area contributed by atoms with E-state index in [1.165, 1.54) is 4.90 Å². The van der Waals surface area contributed by atoms with Crippen molar-refractivity contribution in [2.45, 2.75) is 173 Å². The quantitative estimate of drug-likeness (QED) is 0.0918. The molecule has 0 radical (unpaired) electrons. The third-order valence-corrected chi connectivity index (χ3v) is 15.6. The Kier molecular flexibility index (Phi) is 18.9. The van der Waals surface area contributed by atoms with Gasteiger partial charge in [0, 0.05) is 30.3 Å². The molecule has 0 aliphatic carbocycles. The molecule has 2 aliphatic rings. The Balaban J connectivity index is 0.000000274. The van der Waals surface area contributed by atoms with E-state index < -0.39 is 51.9 Å². The Hall–Kier alpha value is -5.52. The van der Waals surface area contributed by atoms with Crippen LogP contribution in [0, 0.1) is 41.4 Å². The number of carbonyl (C=O) groups excluding carboxylic acids is 6. The number of rotatable bonds is 12. The van der Waals surface area contributed by atoms with Crippen LogP contribution in [0.15, 0.2) is 59.6 Å². The number of aliphatic hydroxyl groups is 1. The number of benzene rings is 2. The molecule has 5 N–H and O–H groups in total. The van der Waals surface area contributed by atoms with Crippen LogP contribution in [0.4, 0.5) is 0 Å². The van der Waals surface area contributed by atoms with Gasteiger partial charge in [-0.3, -0.25) is 28.8 Å². The van der Waals surface area contributed by atoms with Crippen LogP contribution in [0.2, 0.25) is 0 Å². The summed E-state index contributed by atoms with van der Waals surface area (Å²) in [5.41, 5.74) is 7.37. The number of aryl methyl sites for hydroxylation is 2. The van der Waals surface area contributed by atoms with Crippen molar-refractivity contribution in [2.75, 3.05) is 13.1 Å². The van der Waals surface area contributed by atoms with E-state index in [-0.39, 0.29) is 66.4 Å². The lowest BCUT2D eigenvalue weighted by Gasteiger charge is -2.37. The molecule has 404 valence electrons. The van der Waals surface area contributed by atoms with Gasteiger partial charge in [0.1, 0.15) is 24.2 Å². The second kappa shape index (κ2) is 23.6. The summed E-state index contributed by atoms with van der Waals surface area (Å²) >= 11 is 3.20. The second-order valence-electron chi connectivity index (χ2n) is 24.5. The molecule has 0 spiro atoms. The highest BCUT2D eigenvalue weighted by molar-refractivity contribution is 7.13. The van der Waals surface area contributed by atoms with E-state index in [2.05, 4.69) is 50.3 Å². The lowest BCUT2D eigenvalue weighted by Crippen LogP contribution is -2.59. The van der Waals surface area contributed by atoms with Crippen LogP contribution in [-0.2, 0) is 28.8 Å². The Labute approximate surface area is 447 Å². The predicted octanol–water partition coefficient (Wildman–Crippen LogP) is 8.94. The number of likely N-dealkylation sites (tertiary alicyclic amines) is 2. The summed E-state index contributed by atoms with van der Waals surface area (Å²) in [7, 11) is 0. The van der Waals surface area contributed by atoms with Crippen LogP contribution in [0.3, 0.4) is 0 Å². The van der Waals surface area contributed by atoms with Crippen molar-refractivity contribution in [2.24, 2.45) is 27.6 Å². The van der Waals surface area contributed by atoms with Crippen molar-refractivity contribution in [3.05, 3.63) is 82.1 Å². The Morgan fingerprint density at radius 2 is 0.919 bits per heavy atom. The molecule has 6 rings (SSSR count). The lowest BCUT2D eigenvalue weighted by molar-refractivity contribution is -0.145. The number of hydrogen-bond acceptors (Lipinski definition) is 11. The Bertz CT molecular complexity index is 2440. The largest absolute Gasteiger partial charge is 0.391 e. The molecule has 2 aliphatic heterocycles. The van der Waals surface area contributed by atoms with Crippen molar-refractivity contribution < 1.29 is 33.9 Å². The minimum absolute atomic E-state index is 0.0478. The van der Waals surface area contributed by atoms with Crippen molar-refractivity contribution in [1.29, 1.82) is 0 Å². The van der Waals surface area contributed by atoms with Crippen molar-refractivity contribution in [3.8, 4) is 20.9 Å². The number of carbonyl (C=O) groups is 6. The second-order valence-corrected chi connectivity index (χ2v) is 26.2. The molecule has 17 heteroatoms. The molecule has 0 bridgehead atoms. The average Bonchev–Trinajstić information content (AvgIpc) is 4.12. The van der Waals surface area contributed by atoms with Gasteiger partial charge < -0.3 is 36.2 Å². The molecule has 4 heterocycles. The van der Waals surface area contributed by atoms with E-state index >= 15 is 0 Å². The van der Waals surface area contributed by atoms with E-state index in [1.54, 1.807) is 48.3 Å². The first-order valence-corrected chi connectivity index (χ1v) is 27.5. The normalized spacial score (nSPS) is 19.9. The lowest BCUT2D eigenvalue weighted by atomic mass is 9.84. The maximum Gasteiger partial charge on any atom is 0.246 e. The first kappa shape index (κ1) is 59.4. The maximum absolute atomic E-state index is 13.8. The third-order valence-electron chi connectivity index (χ3n) is 13.7. The van der Waals surface area contributed by atoms with E-state index in [9.17, 15) is 33.9 Å². The molecule has 2 saturated heterocycles. The summed E-state index contributed by atoms with van der Waals surface area (Å²) in [5, 5.41) is 22.4. The number of hydrogen-bond donors (Lipinski definition) is 5. The van der Waals surface area contributed by atoms with Gasteiger partial charge in [-0.05, 0) is 73.1 Å². The third kappa shape index (κ3) is 14.9. The molecule has 74 heavy (non-hydrogen) atoms. The topological polar surface area (TPSA) is 203 Å². The van der Waals surface area contributed by atoms with Crippen molar-refractivity contribution >= 4 is 58.1 Å². The highest BCUT2D eigenvalue weighted by atomic mass is 32.1. The summed E-state index contributed by atoms with van der Waals surface area (Å²) in [6.07, 6.45) is -0.0634. The van der Waals surface area contributed by atoms with Crippen molar-refractivity contribution in [3.63, 3.8) is 0 Å². The molecule has 2 aromatic heterocycles. The molecule has 4 aromatic rings. The van der Waals surface area contributed by atoms with Gasteiger partial charge in [-0.2, -0.15) is 0 Å². The van der Waals surface area contributed by atoms with Gasteiger partial charge in [0.15, 0.2) is 0 Å². The first-order chi connectivity index (χ1) is 34.2. The molecule has 1 unspecified atom stereocenters. The number of amides is 6. The van der Waals surface area contributed by atoms with Gasteiger partial charge in [-0.1, -0.05) is 139 Å². The average molecular weight is 1060 g/mol. The first-order valence-electron chi connectivity index (χ1n) is 25.7. The summed E-state index contributed by atoms with van der Waals surface area (Å²) < 4.78 is 0. The van der Waals surface area contributed by atoms with Crippen LogP contribution < -0.4 is 21.3 Å². The summed E-state index contributed by atoms with van der Waals surface area (Å²) in [6, 6.07) is 12.7. The zero-order valence-electron chi connectivity index (χ0n) is 46.7. The monoisotopic (exact) mass is 1050 g/mol. The molecule has 2 fully saturated rings. The molecule has 8 atom stereocenters. The number of thiazole rings is 2. The standard InChI is InChI=1S/C29H42N4O3S.C28H40N4O4S/c1-17-14-22(33(15-17)26(35)24(28(4,5)6)32-27(36)29(7,8)9)25(34)31-18(2)20-10-12-21(13-11-20)23-19(3)30-16-37-23;1-16(18-9-11-19(12-10-18)22-17(2)29-15-37-22)30-24(34)21-13-20(33)14-32(21)25(35)23(27(3,4)5)31-26(36)28(6,7)8/h10-13,16-18,22,24H,14-15H2,1-9H3,(H,31,34)(H,32,36);9-12,15-16,20-21,23,33H,13-14H2,1-8H3,(H,30,34)(H,31,36)/t17-,18-,22+,24-;16-,20+,21?,23+/m11/s1. The van der Waals surface area contributed by atoms with Crippen LogP contribution in [0.1, 0.15) is 151 Å². The molecule has 15 nitrogen and oxygen atoms in total. The van der Waals surface area contributed by atoms with Crippen LogP contribution >= 0.6 is 22.7 Å². The SMILES string of the molecule is Cc1ncsc1-c1ccc([C@@H](C)NC(=O)C2C[C@H](O)CN2C(=O)[C@H](NC(=O)C(C)(C)C)C(C)(C)C)cc1.Cc1ncsc1-c1ccc([C@@H](C)NC(=O)[C@@H]2C[C@@H](C)CN2C(=O)[C@@H](NC(=O)C(C)(C)C)C(C)(C)C)cc1. The highest BCUT2D eigenvalue weighted by Gasteiger charge is 2.47. The van der Waals surface area contributed by atoms with Crippen molar-refractivity contribution in [1.82, 2.24) is 41.0 Å². The van der Waals surface area contributed by atoms with Crippen LogP contribution in [0.5, 0.6) is 0 Å². The minimum atomic E-state index is -0.833. The highest BCUT2D eigenvalue weighted by Crippen LogP contribution is 2.33. The summed E-state index contributed by atoms with van der Waals surface area (Å²) in [6.45, 7) is 32.7. The fraction of sp³-hybridized carbons (Fsp3) is 0.579. The van der Waals surface area contributed by atoms with Gasteiger partial charge in [-0.25, -0.2) is 9.97 Å². The Morgan fingerprint density at radius 1 is 0.568 bits per heavy atom. The summed E-state index contributed by atoms with van der Waals surface area (Å²) in [4.78, 5) is 93.7. The number of nitrogens with zero attached hydrogens (tertiary/aromatic N) is 4.